The van der Waals surface area contributed by atoms with E-state index in [1.807, 2.05) is 0 Å². The number of hydrogen-bond acceptors (Lipinski definition) is 16. The molecule has 448 valence electrons. The third kappa shape index (κ3) is 33.2. The van der Waals surface area contributed by atoms with Gasteiger partial charge in [0.1, 0.15) is 21.2 Å². The van der Waals surface area contributed by atoms with E-state index in [1.165, 1.54) is 79.9 Å². The zero-order valence-electron chi connectivity index (χ0n) is 47.5. The summed E-state index contributed by atoms with van der Waals surface area (Å²) in [5.41, 5.74) is 16.0. The Balaban J connectivity index is -0.000000992. The van der Waals surface area contributed by atoms with Crippen molar-refractivity contribution in [2.24, 2.45) is 40.9 Å². The molecule has 26 heteroatoms. The summed E-state index contributed by atoms with van der Waals surface area (Å²) in [6.45, 7) is 12.0. The largest absolute Gasteiger partial charge is 1.00 e. The number of halogens is 2. The molecule has 6 rings (SSSR count). The number of unbranched alkanes of at least 4 members (excludes halogenated alkanes) is 5. The summed E-state index contributed by atoms with van der Waals surface area (Å²) >= 11 is 5.90. The van der Waals surface area contributed by atoms with Gasteiger partial charge in [-0.25, -0.2) is 13.2 Å². The summed E-state index contributed by atoms with van der Waals surface area (Å²) < 4.78 is 33.0. The zero-order chi connectivity index (χ0) is 57.1. The van der Waals surface area contributed by atoms with Gasteiger partial charge in [0.2, 0.25) is 10.9 Å². The average Bonchev–Trinajstić information content (AvgIpc) is 4.17. The first kappa shape index (κ1) is 80.5. The fraction of sp³-hybridized carbons (Fsp3) is 0.736. The van der Waals surface area contributed by atoms with Crippen LogP contribution in [-0.2, 0) is 53.3 Å². The number of nitrogens with two attached hydrogens (primary N) is 4. The van der Waals surface area contributed by atoms with Crippen molar-refractivity contribution in [3.05, 3.63) is 24.3 Å². The molecule has 79 heavy (non-hydrogen) atoms. The van der Waals surface area contributed by atoms with Crippen LogP contribution in [0.4, 0.5) is 0 Å². The molecule has 0 bridgehead atoms. The number of nitrogens with one attached hydrogen (secondary N) is 1. The predicted molar refractivity (Wildman–Crippen MR) is 297 cm³/mol. The van der Waals surface area contributed by atoms with Gasteiger partial charge in [-0.15, -0.1) is 5.06 Å². The van der Waals surface area contributed by atoms with Crippen LogP contribution >= 0.6 is 24.4 Å². The van der Waals surface area contributed by atoms with Crippen molar-refractivity contribution in [1.29, 1.82) is 0 Å². The van der Waals surface area contributed by atoms with E-state index in [1.54, 1.807) is 11.8 Å². The molecule has 4 heterocycles. The molecule has 2 saturated carbocycles. The quantitative estimate of drug-likeness (QED) is 0.0112. The normalized spacial score (nSPS) is 21.3. The monoisotopic (exact) mass is 1220 g/mol. The molecule has 0 radical (unpaired) electrons. The van der Waals surface area contributed by atoms with Crippen molar-refractivity contribution >= 4 is 92.6 Å². The Morgan fingerprint density at radius 1 is 0.722 bits per heavy atom. The first-order valence-electron chi connectivity index (χ1n) is 27.5. The molecule has 0 aromatic heterocycles. The number of nitrogens with zero attached hydrogens (tertiary/aromatic N) is 3. The van der Waals surface area contributed by atoms with Crippen LogP contribution in [0.5, 0.6) is 0 Å². The third-order valence-electron chi connectivity index (χ3n) is 13.2. The third-order valence-corrected chi connectivity index (χ3v) is 15.7. The van der Waals surface area contributed by atoms with Crippen LogP contribution in [0.2, 0.25) is 0 Å². The van der Waals surface area contributed by atoms with Gasteiger partial charge in [0.25, 0.3) is 35.4 Å². The summed E-state index contributed by atoms with van der Waals surface area (Å²) in [5, 5.41) is 4.52. The van der Waals surface area contributed by atoms with E-state index in [4.69, 9.17) is 27.4 Å². The molecule has 0 aromatic rings. The van der Waals surface area contributed by atoms with Gasteiger partial charge in [-0.05, 0) is 121 Å². The SMILES string of the molecule is CCCCCC(=O)C1CCC(CN2C(=O)C=CC2=O)CC1.CCCCN.CCCCN.CCCC[NH+]=C(N)CCCS.O=C(ON1C(=O)CC(S(=O)(=O)[O-])C1=O)C1CCC(CN2C(=O)C=CC2=O)CC1.[Cl-].[Cl-].[NH2+]=C1CCCS1.[Na+]. The number of amidine groups is 1. The number of thiol groups is 1. The number of hydroxylamine groups is 2. The van der Waals surface area contributed by atoms with E-state index in [2.05, 4.69) is 45.3 Å². The molecule has 4 aliphatic heterocycles. The van der Waals surface area contributed by atoms with Crippen molar-refractivity contribution in [1.82, 2.24) is 14.9 Å². The average molecular weight is 1220 g/mol. The molecular weight excluding hydrogens is 1130 g/mol. The molecule has 20 nitrogen and oxygen atoms in total. The van der Waals surface area contributed by atoms with Crippen LogP contribution in [0, 0.1) is 23.7 Å². The summed E-state index contributed by atoms with van der Waals surface area (Å²) in [4.78, 5) is 105. The Morgan fingerprint density at radius 2 is 1.18 bits per heavy atom. The first-order chi connectivity index (χ1) is 36.2. The molecule has 6 aliphatic rings. The van der Waals surface area contributed by atoms with Gasteiger partial charge in [-0.2, -0.15) is 12.6 Å². The Labute approximate surface area is 514 Å². The predicted octanol–water partition coefficient (Wildman–Crippen LogP) is -6.18. The Bertz CT molecular complexity index is 2020. The maximum Gasteiger partial charge on any atom is 1.00 e. The summed E-state index contributed by atoms with van der Waals surface area (Å²) in [5.74, 6) is -0.985. The van der Waals surface area contributed by atoms with Crippen LogP contribution < -0.4 is 82.0 Å². The van der Waals surface area contributed by atoms with Crippen molar-refractivity contribution in [2.75, 3.05) is 44.2 Å². The van der Waals surface area contributed by atoms with E-state index < -0.39 is 45.5 Å². The van der Waals surface area contributed by atoms with Crippen molar-refractivity contribution < 1.29 is 121 Å². The van der Waals surface area contributed by atoms with Crippen LogP contribution in [0.3, 0.4) is 0 Å². The minimum absolute atomic E-state index is 0. The van der Waals surface area contributed by atoms with Gasteiger partial charge in [0.15, 0.2) is 0 Å². The number of ketones is 1. The molecule has 6 amide bonds. The number of hydrogen-bond donors (Lipinski definition) is 6. The molecular formula is C53H91Cl2N8NaO12S3. The van der Waals surface area contributed by atoms with Gasteiger partial charge in [0.05, 0.1) is 18.9 Å². The second-order valence-corrected chi connectivity index (χ2v) is 22.8. The Morgan fingerprint density at radius 3 is 1.52 bits per heavy atom. The molecule has 1 unspecified atom stereocenters. The Hall–Kier alpha value is -2.71. The molecule has 4 fully saturated rings. The smallest absolute Gasteiger partial charge is 1.00 e. The molecule has 1 atom stereocenters. The number of rotatable bonds is 22. The number of thioether (sulfide) groups is 1. The van der Waals surface area contributed by atoms with Gasteiger partial charge >= 0.3 is 35.5 Å². The van der Waals surface area contributed by atoms with E-state index in [-0.39, 0.29) is 101 Å². The summed E-state index contributed by atoms with van der Waals surface area (Å²) in [6.07, 6.45) is 25.3. The summed E-state index contributed by atoms with van der Waals surface area (Å²) in [6, 6.07) is 0. The van der Waals surface area contributed by atoms with Crippen LogP contribution in [-0.4, -0.2) is 135 Å². The molecule has 0 aromatic carbocycles. The van der Waals surface area contributed by atoms with Gasteiger partial charge in [0, 0.05) is 68.3 Å². The fourth-order valence-corrected chi connectivity index (χ4v) is 10.2. The van der Waals surface area contributed by atoms with E-state index in [0.29, 0.717) is 43.9 Å². The van der Waals surface area contributed by atoms with Crippen LogP contribution in [0.15, 0.2) is 24.3 Å². The number of amides is 6. The number of imide groups is 3. The van der Waals surface area contributed by atoms with E-state index in [9.17, 15) is 51.3 Å². The standard InChI is InChI=1S/C17H25NO3.C16H18N2O9S.C8H18N2S.C4H7NS.2C4H11N.2ClH.Na/c1-2-3-4-5-15(19)14-8-6-13(7-9-14)12-18-16(20)10-11-17(18)21;19-12-5-6-13(20)17(12)8-9-1-3-10(4-2-9)16(23)27-18-14(21)7-11(15(18)22)28(24,25)26;1-2-3-6-10-8(9)5-4-7-11;5-4-2-1-3-6-4;2*1-2-3-4-5;;;/h10-11,13-14H,2-9,12H2,1H3;5-6,9-11H,1-4,7-8H2,(H,24,25,26);11H,2-7H2,1H3,(H2,9,10);5H,1-3H2;2*2-5H2,1H3;2*1H;/q;;;;;;;;+1/p-1. The topological polar surface area (TPSA) is 330 Å². The van der Waals surface area contributed by atoms with Gasteiger partial charge in [-0.3, -0.25) is 59.5 Å². The van der Waals surface area contributed by atoms with Crippen LogP contribution in [0.1, 0.15) is 175 Å². The molecule has 9 N–H and O–H groups in total. The van der Waals surface area contributed by atoms with E-state index in [0.717, 1.165) is 112 Å². The number of Topliss-reactive ketones (excluding diaryl/α,β-unsaturated/α-hetero) is 1. The van der Waals surface area contributed by atoms with Crippen molar-refractivity contribution in [3.63, 3.8) is 0 Å². The Kier molecular flexibility index (Phi) is 47.6. The molecule has 0 spiro atoms. The molecule has 2 saturated heterocycles. The van der Waals surface area contributed by atoms with Gasteiger partial charge in [-0.1, -0.05) is 71.6 Å². The van der Waals surface area contributed by atoms with Crippen molar-refractivity contribution in [2.45, 2.75) is 181 Å². The number of carbonyl (C=O) groups is 8. The molecule has 2 aliphatic carbocycles. The first-order valence-corrected chi connectivity index (χ1v) is 30.5. The minimum Gasteiger partial charge on any atom is -1.00 e. The number of carbonyl (C=O) groups excluding carboxylic acids is 8. The minimum atomic E-state index is -5.02. The maximum absolute atomic E-state index is 12.2. The van der Waals surface area contributed by atoms with E-state index >= 15 is 0 Å². The second kappa shape index (κ2) is 46.7. The fourth-order valence-electron chi connectivity index (χ4n) is 8.52. The summed E-state index contributed by atoms with van der Waals surface area (Å²) in [7, 11) is -5.02. The van der Waals surface area contributed by atoms with Gasteiger partial charge < -0.3 is 45.7 Å². The maximum atomic E-state index is 12.2. The zero-order valence-corrected chi connectivity index (χ0v) is 53.5. The van der Waals surface area contributed by atoms with Crippen molar-refractivity contribution in [3.8, 4) is 0 Å². The second-order valence-electron chi connectivity index (χ2n) is 19.6. The van der Waals surface area contributed by atoms with Crippen LogP contribution in [0.25, 0.3) is 0 Å².